The van der Waals surface area contributed by atoms with Gasteiger partial charge in [-0.2, -0.15) is 0 Å². The highest BCUT2D eigenvalue weighted by Gasteiger charge is 2.22. The van der Waals surface area contributed by atoms with Crippen LogP contribution in [-0.2, 0) is 32.7 Å². The molecule has 0 spiro atoms. The Balaban J connectivity index is 4.10. The fraction of sp³-hybridized carbons (Fsp3) is 0.743. The van der Waals surface area contributed by atoms with Gasteiger partial charge in [-0.3, -0.25) is 14.2 Å². The van der Waals surface area contributed by atoms with Gasteiger partial charge in [-0.1, -0.05) is 272 Å². The van der Waals surface area contributed by atoms with Crippen LogP contribution in [0.4, 0.5) is 0 Å². The van der Waals surface area contributed by atoms with Crippen LogP contribution in [0.5, 0.6) is 0 Å². The number of quaternary nitrogens is 1. The summed E-state index contributed by atoms with van der Waals surface area (Å²) in [6.07, 6.45) is 83.2. The maximum Gasteiger partial charge on any atom is 0.306 e. The zero-order valence-electron chi connectivity index (χ0n) is 52.5. The summed E-state index contributed by atoms with van der Waals surface area (Å²) >= 11 is 0. The van der Waals surface area contributed by atoms with E-state index in [0.717, 1.165) is 89.9 Å². The van der Waals surface area contributed by atoms with E-state index >= 15 is 0 Å². The zero-order chi connectivity index (χ0) is 58.4. The lowest BCUT2D eigenvalue weighted by molar-refractivity contribution is -0.870. The number of ether oxygens (including phenoxy) is 2. The maximum atomic E-state index is 12.8. The molecule has 0 amide bonds. The number of likely N-dealkylation sites (N-methyl/N-ethyl adjacent to an activating group) is 1. The van der Waals surface area contributed by atoms with E-state index in [2.05, 4.69) is 111 Å². The van der Waals surface area contributed by atoms with Crippen LogP contribution < -0.4 is 4.89 Å². The van der Waals surface area contributed by atoms with Gasteiger partial charge < -0.3 is 27.9 Å². The minimum Gasteiger partial charge on any atom is -0.756 e. The molecule has 0 radical (unpaired) electrons. The molecular weight excluding hydrogens is 1010 g/mol. The number of rotatable bonds is 60. The molecule has 0 aliphatic carbocycles. The van der Waals surface area contributed by atoms with Crippen molar-refractivity contribution in [3.63, 3.8) is 0 Å². The highest BCUT2D eigenvalue weighted by molar-refractivity contribution is 7.45. The van der Waals surface area contributed by atoms with E-state index < -0.39 is 26.5 Å². The van der Waals surface area contributed by atoms with Crippen molar-refractivity contribution in [2.24, 2.45) is 0 Å². The number of carbonyl (C=O) groups is 2. The molecule has 0 rings (SSSR count). The number of phosphoric ester groups is 1. The van der Waals surface area contributed by atoms with Crippen molar-refractivity contribution in [3.8, 4) is 0 Å². The molecule has 0 aromatic heterocycles. The normalized spacial score (nSPS) is 13.8. The Morgan fingerprint density at radius 1 is 0.400 bits per heavy atom. The second kappa shape index (κ2) is 60.5. The standard InChI is InChI=1S/C70H124NO8P/c1-6-8-10-12-14-16-18-20-22-24-26-28-30-32-34-35-37-38-40-42-44-46-48-50-52-54-56-58-60-62-69(72)76-66-68(67-78-80(74,75)77-65-64-71(3,4)5)79-70(73)63-61-59-57-55-53-51-49-47-45-43-41-39-36-33-31-29-27-25-23-21-19-17-15-13-11-9-7-2/h9,11,15,17-18,20-21,23-24,26-27,29-30,32-33,36,68H,6-8,10,12-14,16,19,22,25,28,31,34-35,37-67H2,1-5H3/b11-9-,17-15-,20-18-,23-21-,26-24-,29-27-,32-30-,36-33-. The average Bonchev–Trinajstić information content (AvgIpc) is 3.42. The number of allylic oxidation sites excluding steroid dienone is 16. The Morgan fingerprint density at radius 3 is 1.06 bits per heavy atom. The molecule has 0 aliphatic rings. The van der Waals surface area contributed by atoms with Gasteiger partial charge in [-0.15, -0.1) is 0 Å². The van der Waals surface area contributed by atoms with Gasteiger partial charge in [0.05, 0.1) is 27.7 Å². The second-order valence-corrected chi connectivity index (χ2v) is 24.5. The third kappa shape index (κ3) is 64.1. The van der Waals surface area contributed by atoms with Gasteiger partial charge in [0.25, 0.3) is 7.82 Å². The van der Waals surface area contributed by atoms with Crippen LogP contribution in [0.2, 0.25) is 0 Å². The lowest BCUT2D eigenvalue weighted by Gasteiger charge is -2.28. The molecule has 10 heteroatoms. The zero-order valence-corrected chi connectivity index (χ0v) is 53.4. The van der Waals surface area contributed by atoms with Crippen LogP contribution >= 0.6 is 7.82 Å². The Labute approximate surface area is 493 Å². The first-order chi connectivity index (χ1) is 39.0. The maximum absolute atomic E-state index is 12.8. The van der Waals surface area contributed by atoms with E-state index in [0.29, 0.717) is 17.4 Å². The van der Waals surface area contributed by atoms with Gasteiger partial charge in [-0.05, 0) is 96.3 Å². The fourth-order valence-electron chi connectivity index (χ4n) is 9.04. The fourth-order valence-corrected chi connectivity index (χ4v) is 9.77. The summed E-state index contributed by atoms with van der Waals surface area (Å²) in [5.74, 6) is -0.834. The van der Waals surface area contributed by atoms with E-state index in [4.69, 9.17) is 18.5 Å². The van der Waals surface area contributed by atoms with Gasteiger partial charge in [0, 0.05) is 12.8 Å². The van der Waals surface area contributed by atoms with Gasteiger partial charge in [0.15, 0.2) is 6.10 Å². The smallest absolute Gasteiger partial charge is 0.306 e. The van der Waals surface area contributed by atoms with E-state index in [9.17, 15) is 19.0 Å². The summed E-state index contributed by atoms with van der Waals surface area (Å²) in [6.45, 7) is 4.13. The predicted octanol–water partition coefficient (Wildman–Crippen LogP) is 20.5. The highest BCUT2D eigenvalue weighted by Crippen LogP contribution is 2.38. The highest BCUT2D eigenvalue weighted by atomic mass is 31.2. The quantitative estimate of drug-likeness (QED) is 0.0195. The molecule has 0 saturated carbocycles. The van der Waals surface area contributed by atoms with Crippen LogP contribution in [0.3, 0.4) is 0 Å². The first kappa shape index (κ1) is 76.9. The molecule has 0 N–H and O–H groups in total. The lowest BCUT2D eigenvalue weighted by Crippen LogP contribution is -2.37. The summed E-state index contributed by atoms with van der Waals surface area (Å²) in [6, 6.07) is 0. The summed E-state index contributed by atoms with van der Waals surface area (Å²) in [4.78, 5) is 38.0. The number of hydrogen-bond acceptors (Lipinski definition) is 8. The first-order valence-electron chi connectivity index (χ1n) is 32.9. The van der Waals surface area contributed by atoms with Gasteiger partial charge in [0.2, 0.25) is 0 Å². The number of unbranched alkanes of at least 4 members (excludes halogenated alkanes) is 30. The van der Waals surface area contributed by atoms with Crippen molar-refractivity contribution < 1.29 is 42.1 Å². The van der Waals surface area contributed by atoms with Crippen molar-refractivity contribution in [3.05, 3.63) is 97.2 Å². The number of phosphoric acid groups is 1. The third-order valence-corrected chi connectivity index (χ3v) is 15.1. The molecule has 0 heterocycles. The van der Waals surface area contributed by atoms with E-state index in [1.807, 2.05) is 21.1 Å². The Hall–Kier alpha value is -3.07. The minimum atomic E-state index is -4.65. The number of esters is 2. The molecule has 9 nitrogen and oxygen atoms in total. The lowest BCUT2D eigenvalue weighted by atomic mass is 10.0. The van der Waals surface area contributed by atoms with E-state index in [-0.39, 0.29) is 32.0 Å². The molecule has 0 saturated heterocycles. The second-order valence-electron chi connectivity index (χ2n) is 23.1. The molecular formula is C70H124NO8P. The summed E-state index contributed by atoms with van der Waals surface area (Å²) in [5.41, 5.74) is 0. The van der Waals surface area contributed by atoms with Crippen LogP contribution in [0.15, 0.2) is 97.2 Å². The number of nitrogens with zero attached hydrogens (tertiary/aromatic N) is 1. The largest absolute Gasteiger partial charge is 0.756 e. The molecule has 0 aromatic rings. The summed E-state index contributed by atoms with van der Waals surface area (Å²) in [7, 11) is 1.16. The monoisotopic (exact) mass is 1140 g/mol. The van der Waals surface area contributed by atoms with Crippen LogP contribution in [0.25, 0.3) is 0 Å². The molecule has 2 atom stereocenters. The Kier molecular flexibility index (Phi) is 58.2. The van der Waals surface area contributed by atoms with Crippen molar-refractivity contribution in [2.75, 3.05) is 47.5 Å². The SMILES string of the molecule is CC/C=C\C/C=C\C/C=C\C/C=C\C/C=C\CCCCCCCCCCCCCC(=O)OC(COC(=O)CCCCCCCCCCCCCCCC/C=C\C/C=C\C/C=C\CCCCCCC)COP(=O)([O-])OCC[N+](C)(C)C. The Morgan fingerprint density at radius 2 is 0.713 bits per heavy atom. The van der Waals surface area contributed by atoms with Gasteiger partial charge in [-0.25, -0.2) is 0 Å². The van der Waals surface area contributed by atoms with E-state index in [1.54, 1.807) is 0 Å². The minimum absolute atomic E-state index is 0.0349. The molecule has 0 fully saturated rings. The van der Waals surface area contributed by atoms with E-state index in [1.165, 1.54) is 161 Å². The summed E-state index contributed by atoms with van der Waals surface area (Å²) < 4.78 is 34.3. The third-order valence-electron chi connectivity index (χ3n) is 14.1. The van der Waals surface area contributed by atoms with Crippen molar-refractivity contribution >= 4 is 19.8 Å². The Bertz CT molecular complexity index is 1670. The number of carbonyl (C=O) groups excluding carboxylic acids is 2. The molecule has 0 aromatic carbocycles. The van der Waals surface area contributed by atoms with Crippen molar-refractivity contribution in [2.45, 2.75) is 290 Å². The van der Waals surface area contributed by atoms with Gasteiger partial charge >= 0.3 is 11.9 Å². The van der Waals surface area contributed by atoms with Crippen LogP contribution in [-0.4, -0.2) is 70.0 Å². The van der Waals surface area contributed by atoms with Gasteiger partial charge in [0.1, 0.15) is 19.8 Å². The van der Waals surface area contributed by atoms with Crippen LogP contribution in [0.1, 0.15) is 284 Å². The average molecular weight is 1140 g/mol. The topological polar surface area (TPSA) is 111 Å². The van der Waals surface area contributed by atoms with Crippen LogP contribution in [0, 0.1) is 0 Å². The molecule has 0 aliphatic heterocycles. The summed E-state index contributed by atoms with van der Waals surface area (Å²) in [5, 5.41) is 0. The molecule has 80 heavy (non-hydrogen) atoms. The molecule has 2 unspecified atom stereocenters. The molecule has 462 valence electrons. The predicted molar refractivity (Wildman–Crippen MR) is 342 cm³/mol. The first-order valence-corrected chi connectivity index (χ1v) is 34.4. The van der Waals surface area contributed by atoms with Crippen molar-refractivity contribution in [1.29, 1.82) is 0 Å². The number of hydrogen-bond donors (Lipinski definition) is 0. The van der Waals surface area contributed by atoms with Crippen molar-refractivity contribution in [1.82, 2.24) is 0 Å². The molecule has 0 bridgehead atoms.